The highest BCUT2D eigenvalue weighted by Gasteiger charge is 2.08. The van der Waals surface area contributed by atoms with Gasteiger partial charge in [-0.2, -0.15) is 5.26 Å². The number of amides is 1. The molecule has 26 heavy (non-hydrogen) atoms. The quantitative estimate of drug-likeness (QED) is 0.721. The number of hydrogen-bond donors (Lipinski definition) is 2. The van der Waals surface area contributed by atoms with Gasteiger partial charge in [-0.15, -0.1) is 0 Å². The number of rotatable bonds is 5. The van der Waals surface area contributed by atoms with Crippen LogP contribution >= 0.6 is 11.6 Å². The molecule has 1 aromatic heterocycles. The van der Waals surface area contributed by atoms with Crippen molar-refractivity contribution in [2.45, 2.75) is 6.54 Å². The zero-order valence-electron chi connectivity index (χ0n) is 13.6. The summed E-state index contributed by atoms with van der Waals surface area (Å²) in [6.07, 6.45) is 2.87. The van der Waals surface area contributed by atoms with Crippen LogP contribution in [0.4, 0.5) is 11.6 Å². The molecule has 0 saturated heterocycles. The van der Waals surface area contributed by atoms with Gasteiger partial charge in [-0.25, -0.2) is 9.97 Å². The zero-order valence-corrected chi connectivity index (χ0v) is 14.4. The van der Waals surface area contributed by atoms with Crippen LogP contribution < -0.4 is 10.6 Å². The smallest absolute Gasteiger partial charge is 0.254 e. The minimum atomic E-state index is -0.289. The van der Waals surface area contributed by atoms with Crippen LogP contribution in [0.5, 0.6) is 0 Å². The lowest BCUT2D eigenvalue weighted by Gasteiger charge is -2.08. The number of carbonyl (C=O) groups excluding carboxylic acids is 1. The average Bonchev–Trinajstić information content (AvgIpc) is 2.68. The van der Waals surface area contributed by atoms with E-state index in [4.69, 9.17) is 16.9 Å². The Balaban J connectivity index is 1.62. The Labute approximate surface area is 155 Å². The predicted molar refractivity (Wildman–Crippen MR) is 99.1 cm³/mol. The van der Waals surface area contributed by atoms with E-state index in [2.05, 4.69) is 26.7 Å². The molecule has 0 aliphatic rings. The van der Waals surface area contributed by atoms with E-state index in [-0.39, 0.29) is 5.91 Å². The van der Waals surface area contributed by atoms with Crippen molar-refractivity contribution in [1.29, 1.82) is 5.26 Å². The van der Waals surface area contributed by atoms with Gasteiger partial charge in [0.1, 0.15) is 0 Å². The normalized spacial score (nSPS) is 10.0. The molecule has 0 atom stereocenters. The highest BCUT2D eigenvalue weighted by Crippen LogP contribution is 2.15. The van der Waals surface area contributed by atoms with Crippen LogP contribution in [-0.2, 0) is 6.54 Å². The second-order valence-corrected chi connectivity index (χ2v) is 5.79. The van der Waals surface area contributed by atoms with Crippen LogP contribution in [0.1, 0.15) is 21.5 Å². The molecule has 0 aliphatic heterocycles. The van der Waals surface area contributed by atoms with Gasteiger partial charge in [-0.1, -0.05) is 35.9 Å². The molecule has 0 unspecified atom stereocenters. The predicted octanol–water partition coefficient (Wildman–Crippen LogP) is 3.68. The van der Waals surface area contributed by atoms with E-state index in [0.717, 1.165) is 5.56 Å². The fourth-order valence-electron chi connectivity index (χ4n) is 2.22. The summed E-state index contributed by atoms with van der Waals surface area (Å²) in [5, 5.41) is 15.3. The van der Waals surface area contributed by atoms with Crippen molar-refractivity contribution in [2.75, 3.05) is 5.32 Å². The van der Waals surface area contributed by atoms with Crippen molar-refractivity contribution in [3.63, 3.8) is 0 Å². The molecule has 0 fully saturated rings. The van der Waals surface area contributed by atoms with Crippen molar-refractivity contribution in [3.05, 3.63) is 82.6 Å². The maximum absolute atomic E-state index is 12.2. The maximum atomic E-state index is 12.2. The lowest BCUT2D eigenvalue weighted by Crippen LogP contribution is -2.23. The molecule has 0 bridgehead atoms. The van der Waals surface area contributed by atoms with E-state index < -0.39 is 0 Å². The Kier molecular flexibility index (Phi) is 5.42. The fourth-order valence-corrected chi connectivity index (χ4v) is 2.43. The lowest BCUT2D eigenvalue weighted by atomic mass is 10.2. The molecule has 3 rings (SSSR count). The summed E-state index contributed by atoms with van der Waals surface area (Å²) in [4.78, 5) is 20.5. The van der Waals surface area contributed by atoms with Crippen molar-refractivity contribution in [2.24, 2.45) is 0 Å². The number of nitriles is 1. The number of nitrogens with one attached hydrogen (secondary N) is 2. The van der Waals surface area contributed by atoms with Crippen LogP contribution in [0.15, 0.2) is 60.9 Å². The minimum Gasteiger partial charge on any atom is -0.348 e. The van der Waals surface area contributed by atoms with Gasteiger partial charge in [-0.05, 0) is 29.8 Å². The standard InChI is InChI=1S/C19H14ClN5O/c20-17-7-2-1-5-14(17)10-22-18(26)15-11-23-19(24-12-15)25-16-6-3-4-13(8-16)9-21/h1-8,11-12H,10H2,(H,22,26)(H,23,24,25). The summed E-state index contributed by atoms with van der Waals surface area (Å²) in [7, 11) is 0. The third kappa shape index (κ3) is 4.35. The van der Waals surface area contributed by atoms with Gasteiger partial charge in [-0.3, -0.25) is 4.79 Å². The Bertz CT molecular complexity index is 966. The number of hydrogen-bond acceptors (Lipinski definition) is 5. The van der Waals surface area contributed by atoms with Gasteiger partial charge >= 0.3 is 0 Å². The SMILES string of the molecule is N#Cc1cccc(Nc2ncc(C(=O)NCc3ccccc3Cl)cn2)c1. The monoisotopic (exact) mass is 363 g/mol. The molecule has 0 aliphatic carbocycles. The molecule has 0 radical (unpaired) electrons. The second kappa shape index (κ2) is 8.10. The molecule has 2 N–H and O–H groups in total. The Morgan fingerprint density at radius 1 is 1.12 bits per heavy atom. The molecular weight excluding hydrogens is 350 g/mol. The number of aromatic nitrogens is 2. The molecule has 0 spiro atoms. The molecule has 6 nitrogen and oxygen atoms in total. The van der Waals surface area contributed by atoms with Crippen molar-refractivity contribution < 1.29 is 4.79 Å². The summed E-state index contributed by atoms with van der Waals surface area (Å²) < 4.78 is 0. The molecule has 1 heterocycles. The topological polar surface area (TPSA) is 90.7 Å². The molecule has 7 heteroatoms. The summed E-state index contributed by atoms with van der Waals surface area (Å²) >= 11 is 6.07. The summed E-state index contributed by atoms with van der Waals surface area (Å²) in [5.41, 5.74) is 2.40. The lowest BCUT2D eigenvalue weighted by molar-refractivity contribution is 0.0950. The Morgan fingerprint density at radius 3 is 2.62 bits per heavy atom. The van der Waals surface area contributed by atoms with E-state index >= 15 is 0 Å². The largest absolute Gasteiger partial charge is 0.348 e. The first-order valence-corrected chi connectivity index (χ1v) is 8.14. The number of benzene rings is 2. The van der Waals surface area contributed by atoms with Gasteiger partial charge in [0, 0.05) is 29.6 Å². The first kappa shape index (κ1) is 17.4. The van der Waals surface area contributed by atoms with Crippen LogP contribution in [0, 0.1) is 11.3 Å². The van der Waals surface area contributed by atoms with E-state index in [1.165, 1.54) is 12.4 Å². The molecule has 2 aromatic carbocycles. The number of anilines is 2. The van der Waals surface area contributed by atoms with Crippen molar-refractivity contribution in [3.8, 4) is 6.07 Å². The van der Waals surface area contributed by atoms with Gasteiger partial charge in [0.05, 0.1) is 17.2 Å². The third-order valence-electron chi connectivity index (χ3n) is 3.56. The van der Waals surface area contributed by atoms with Gasteiger partial charge in [0.2, 0.25) is 5.95 Å². The first-order chi connectivity index (χ1) is 12.7. The van der Waals surface area contributed by atoms with Crippen LogP contribution in [0.2, 0.25) is 5.02 Å². The highest BCUT2D eigenvalue weighted by atomic mass is 35.5. The molecule has 128 valence electrons. The Morgan fingerprint density at radius 2 is 1.88 bits per heavy atom. The van der Waals surface area contributed by atoms with E-state index in [9.17, 15) is 4.79 Å². The van der Waals surface area contributed by atoms with Gasteiger partial charge in [0.15, 0.2) is 0 Å². The van der Waals surface area contributed by atoms with Crippen molar-refractivity contribution >= 4 is 29.1 Å². The summed E-state index contributed by atoms with van der Waals surface area (Å²) in [5.74, 6) is 0.0469. The second-order valence-electron chi connectivity index (χ2n) is 5.39. The van der Waals surface area contributed by atoms with Gasteiger partial charge < -0.3 is 10.6 Å². The molecule has 3 aromatic rings. The van der Waals surface area contributed by atoms with E-state index in [0.29, 0.717) is 34.3 Å². The minimum absolute atomic E-state index is 0.289. The number of carbonyl (C=O) groups is 1. The third-order valence-corrected chi connectivity index (χ3v) is 3.93. The fraction of sp³-hybridized carbons (Fsp3) is 0.0526. The van der Waals surface area contributed by atoms with Crippen molar-refractivity contribution in [1.82, 2.24) is 15.3 Å². The molecule has 1 amide bonds. The summed E-state index contributed by atoms with van der Waals surface area (Å²) in [6, 6.07) is 16.3. The number of nitrogens with zero attached hydrogens (tertiary/aromatic N) is 3. The Hall–Kier alpha value is -3.43. The molecular formula is C19H14ClN5O. The van der Waals surface area contributed by atoms with Crippen LogP contribution in [-0.4, -0.2) is 15.9 Å². The van der Waals surface area contributed by atoms with E-state index in [1.54, 1.807) is 30.3 Å². The molecule has 0 saturated carbocycles. The summed E-state index contributed by atoms with van der Waals surface area (Å²) in [6.45, 7) is 0.319. The number of halogens is 1. The van der Waals surface area contributed by atoms with Crippen LogP contribution in [0.3, 0.4) is 0 Å². The van der Waals surface area contributed by atoms with Crippen LogP contribution in [0.25, 0.3) is 0 Å². The highest BCUT2D eigenvalue weighted by molar-refractivity contribution is 6.31. The first-order valence-electron chi connectivity index (χ1n) is 7.76. The average molecular weight is 364 g/mol. The zero-order chi connectivity index (χ0) is 18.4. The maximum Gasteiger partial charge on any atom is 0.254 e. The van der Waals surface area contributed by atoms with Gasteiger partial charge in [0.25, 0.3) is 5.91 Å². The van der Waals surface area contributed by atoms with E-state index in [1.807, 2.05) is 18.2 Å².